The number of rotatable bonds is 3. The lowest BCUT2D eigenvalue weighted by atomic mass is 9.81. The first-order chi connectivity index (χ1) is 8.51. The van der Waals surface area contributed by atoms with Crippen molar-refractivity contribution in [3.05, 3.63) is 16.1 Å². The molecule has 4 nitrogen and oxygen atoms in total. The predicted octanol–water partition coefficient (Wildman–Crippen LogP) is 2.92. The first kappa shape index (κ1) is 19.6. The summed E-state index contributed by atoms with van der Waals surface area (Å²) in [5, 5.41) is 1.03. The van der Waals surface area contributed by atoms with Crippen LogP contribution in [0.25, 0.3) is 0 Å². The minimum atomic E-state index is -0.632. The van der Waals surface area contributed by atoms with Crippen LogP contribution in [0.5, 0.6) is 0 Å². The number of hydrogen-bond donors (Lipinski definition) is 1. The van der Waals surface area contributed by atoms with Crippen LogP contribution < -0.4 is 5.73 Å². The monoisotopic (exact) mass is 339 g/mol. The Balaban J connectivity index is 0.00000180. The number of nitrogens with zero attached hydrogens (tertiary/aromatic N) is 2. The number of carbonyl (C=O) groups is 1. The van der Waals surface area contributed by atoms with Gasteiger partial charge in [0.2, 0.25) is 5.91 Å². The Morgan fingerprint density at radius 1 is 1.40 bits per heavy atom. The molecule has 0 radical (unpaired) electrons. The van der Waals surface area contributed by atoms with Crippen LogP contribution in [0.3, 0.4) is 0 Å². The molecule has 1 aliphatic carbocycles. The van der Waals surface area contributed by atoms with Gasteiger partial charge in [-0.1, -0.05) is 19.3 Å². The summed E-state index contributed by atoms with van der Waals surface area (Å²) in [6.45, 7) is 2.59. The summed E-state index contributed by atoms with van der Waals surface area (Å²) >= 11 is 1.63. The van der Waals surface area contributed by atoms with E-state index in [1.54, 1.807) is 16.2 Å². The zero-order chi connectivity index (χ0) is 13.2. The molecule has 1 amide bonds. The lowest BCUT2D eigenvalue weighted by molar-refractivity contribution is -0.137. The highest BCUT2D eigenvalue weighted by Crippen LogP contribution is 2.28. The van der Waals surface area contributed by atoms with Crippen LogP contribution in [-0.4, -0.2) is 28.4 Å². The fraction of sp³-hybridized carbons (Fsp3) is 0.692. The number of carbonyl (C=O) groups excluding carboxylic acids is 1. The second-order valence-electron chi connectivity index (χ2n) is 5.22. The standard InChI is InChI=1S/C13H21N3OS.2ClH/c1-10-15-8-11(18-10)9-16(2)12(17)13(14)6-4-3-5-7-13;;/h8H,3-7,9,14H2,1-2H3;2*1H. The molecule has 1 aliphatic rings. The van der Waals surface area contributed by atoms with Crippen LogP contribution in [0.4, 0.5) is 0 Å². The van der Waals surface area contributed by atoms with Crippen LogP contribution in [0.15, 0.2) is 6.20 Å². The normalized spacial score (nSPS) is 16.8. The first-order valence-electron chi connectivity index (χ1n) is 6.47. The Kier molecular flexibility index (Phi) is 8.03. The molecule has 0 unspecified atom stereocenters. The Morgan fingerprint density at radius 2 is 2.00 bits per heavy atom. The van der Waals surface area contributed by atoms with Gasteiger partial charge in [-0.3, -0.25) is 4.79 Å². The van der Waals surface area contributed by atoms with Crippen molar-refractivity contribution in [2.75, 3.05) is 7.05 Å². The van der Waals surface area contributed by atoms with Gasteiger partial charge in [-0.05, 0) is 19.8 Å². The summed E-state index contributed by atoms with van der Waals surface area (Å²) in [5.74, 6) is 0.0771. The SMILES string of the molecule is Cc1ncc(CN(C)C(=O)C2(N)CCCCC2)s1.Cl.Cl. The maximum Gasteiger partial charge on any atom is 0.242 e. The highest BCUT2D eigenvalue weighted by Gasteiger charge is 2.37. The van der Waals surface area contributed by atoms with E-state index in [0.29, 0.717) is 6.54 Å². The summed E-state index contributed by atoms with van der Waals surface area (Å²) in [4.78, 5) is 19.5. The molecule has 0 saturated heterocycles. The molecule has 1 fully saturated rings. The third kappa shape index (κ3) is 4.58. The van der Waals surface area contributed by atoms with Crippen LogP contribution in [0.2, 0.25) is 0 Å². The van der Waals surface area contributed by atoms with E-state index in [2.05, 4.69) is 4.98 Å². The van der Waals surface area contributed by atoms with Gasteiger partial charge < -0.3 is 10.6 Å². The van der Waals surface area contributed by atoms with E-state index in [4.69, 9.17) is 5.73 Å². The Hall–Kier alpha value is -0.360. The lowest BCUT2D eigenvalue weighted by Gasteiger charge is -2.35. The lowest BCUT2D eigenvalue weighted by Crippen LogP contribution is -2.55. The number of halogens is 2. The van der Waals surface area contributed by atoms with Crippen LogP contribution in [0, 0.1) is 6.92 Å². The number of aryl methyl sites for hydroxylation is 1. The summed E-state index contributed by atoms with van der Waals surface area (Å²) in [6, 6.07) is 0. The number of thiazole rings is 1. The third-order valence-corrected chi connectivity index (χ3v) is 4.48. The Bertz CT molecular complexity index is 433. The number of nitrogens with two attached hydrogens (primary N) is 1. The molecule has 0 aromatic carbocycles. The largest absolute Gasteiger partial charge is 0.339 e. The van der Waals surface area contributed by atoms with E-state index in [9.17, 15) is 4.79 Å². The minimum absolute atomic E-state index is 0. The minimum Gasteiger partial charge on any atom is -0.339 e. The zero-order valence-electron chi connectivity index (χ0n) is 11.9. The van der Waals surface area contributed by atoms with E-state index >= 15 is 0 Å². The molecular formula is C13H23Cl2N3OS. The van der Waals surface area contributed by atoms with Gasteiger partial charge >= 0.3 is 0 Å². The average Bonchev–Trinajstić information content (AvgIpc) is 2.74. The second-order valence-corrected chi connectivity index (χ2v) is 6.54. The molecule has 2 rings (SSSR count). The van der Waals surface area contributed by atoms with Crippen LogP contribution in [0.1, 0.15) is 42.0 Å². The molecule has 116 valence electrons. The molecule has 7 heteroatoms. The van der Waals surface area contributed by atoms with Gasteiger partial charge in [0.1, 0.15) is 0 Å². The summed E-state index contributed by atoms with van der Waals surface area (Å²) in [6.07, 6.45) is 6.80. The molecule has 1 aromatic heterocycles. The van der Waals surface area contributed by atoms with Crippen molar-refractivity contribution in [1.82, 2.24) is 9.88 Å². The topological polar surface area (TPSA) is 59.2 Å². The molecule has 2 N–H and O–H groups in total. The fourth-order valence-electron chi connectivity index (χ4n) is 2.56. The first-order valence-corrected chi connectivity index (χ1v) is 7.29. The van der Waals surface area contributed by atoms with Crippen molar-refractivity contribution in [3.63, 3.8) is 0 Å². The zero-order valence-corrected chi connectivity index (χ0v) is 14.4. The van der Waals surface area contributed by atoms with Crippen LogP contribution in [-0.2, 0) is 11.3 Å². The molecular weight excluding hydrogens is 317 g/mol. The van der Waals surface area contributed by atoms with E-state index in [1.807, 2.05) is 20.2 Å². The second kappa shape index (κ2) is 8.17. The van der Waals surface area contributed by atoms with E-state index in [0.717, 1.165) is 35.6 Å². The molecule has 0 spiro atoms. The van der Waals surface area contributed by atoms with Gasteiger partial charge in [-0.2, -0.15) is 0 Å². The highest BCUT2D eigenvalue weighted by atomic mass is 35.5. The van der Waals surface area contributed by atoms with Gasteiger partial charge in [0.05, 0.1) is 17.1 Å². The molecule has 20 heavy (non-hydrogen) atoms. The molecule has 1 saturated carbocycles. The summed E-state index contributed by atoms with van der Waals surface area (Å²) in [7, 11) is 1.83. The van der Waals surface area contributed by atoms with Crippen molar-refractivity contribution in [2.45, 2.75) is 51.1 Å². The number of amides is 1. The maximum absolute atomic E-state index is 12.4. The molecule has 1 heterocycles. The van der Waals surface area contributed by atoms with E-state index in [1.165, 1.54) is 6.42 Å². The van der Waals surface area contributed by atoms with Gasteiger partial charge in [-0.15, -0.1) is 36.2 Å². The van der Waals surface area contributed by atoms with Gasteiger partial charge in [0.25, 0.3) is 0 Å². The van der Waals surface area contributed by atoms with Crippen molar-refractivity contribution in [1.29, 1.82) is 0 Å². The van der Waals surface area contributed by atoms with Crippen molar-refractivity contribution in [3.8, 4) is 0 Å². The smallest absolute Gasteiger partial charge is 0.242 e. The van der Waals surface area contributed by atoms with E-state index in [-0.39, 0.29) is 30.7 Å². The van der Waals surface area contributed by atoms with Gasteiger partial charge in [-0.25, -0.2) is 4.98 Å². The molecule has 0 atom stereocenters. The van der Waals surface area contributed by atoms with Crippen molar-refractivity contribution in [2.24, 2.45) is 5.73 Å². The Labute approximate surface area is 137 Å². The number of likely N-dealkylation sites (N-methyl/N-ethyl adjacent to an activating group) is 1. The fourth-order valence-corrected chi connectivity index (χ4v) is 3.41. The van der Waals surface area contributed by atoms with Crippen molar-refractivity contribution >= 4 is 42.1 Å². The van der Waals surface area contributed by atoms with Gasteiger partial charge in [0.15, 0.2) is 0 Å². The predicted molar refractivity (Wildman–Crippen MR) is 87.8 cm³/mol. The van der Waals surface area contributed by atoms with Gasteiger partial charge in [0, 0.05) is 18.1 Å². The Morgan fingerprint density at radius 3 is 2.50 bits per heavy atom. The van der Waals surface area contributed by atoms with Crippen LogP contribution >= 0.6 is 36.2 Å². The highest BCUT2D eigenvalue weighted by molar-refractivity contribution is 7.11. The van der Waals surface area contributed by atoms with E-state index < -0.39 is 5.54 Å². The molecule has 1 aromatic rings. The number of hydrogen-bond acceptors (Lipinski definition) is 4. The average molecular weight is 340 g/mol. The number of aromatic nitrogens is 1. The maximum atomic E-state index is 12.4. The molecule has 0 aliphatic heterocycles. The van der Waals surface area contributed by atoms with Crippen molar-refractivity contribution < 1.29 is 4.79 Å². The summed E-state index contributed by atoms with van der Waals surface area (Å²) in [5.41, 5.74) is 5.63. The molecule has 0 bridgehead atoms. The summed E-state index contributed by atoms with van der Waals surface area (Å²) < 4.78 is 0. The third-order valence-electron chi connectivity index (χ3n) is 3.58. The quantitative estimate of drug-likeness (QED) is 0.920.